The second-order valence-electron chi connectivity index (χ2n) is 4.86. The molecule has 2 nitrogen and oxygen atoms in total. The van der Waals surface area contributed by atoms with Gasteiger partial charge in [-0.3, -0.25) is 0 Å². The highest BCUT2D eigenvalue weighted by atomic mass is 32.1. The molecule has 94 valence electrons. The molecule has 0 bridgehead atoms. The number of rotatable bonds is 1. The van der Waals surface area contributed by atoms with Crippen molar-refractivity contribution in [2.75, 3.05) is 13.2 Å². The lowest BCUT2D eigenvalue weighted by atomic mass is 9.94. The van der Waals surface area contributed by atoms with Gasteiger partial charge in [0.2, 0.25) is 0 Å². The topological polar surface area (TPSA) is 12.5 Å². The van der Waals surface area contributed by atoms with Crippen LogP contribution in [-0.4, -0.2) is 23.0 Å². The summed E-state index contributed by atoms with van der Waals surface area (Å²) in [7, 11) is 0. The Hall–Kier alpha value is -1.71. The average Bonchev–Trinajstić information content (AvgIpc) is 3.01. The maximum Gasteiger partial charge on any atom is 0.195 e. The lowest BCUT2D eigenvalue weighted by Crippen LogP contribution is -2.40. The number of ether oxygens (including phenoxy) is 1. The van der Waals surface area contributed by atoms with Gasteiger partial charge in [-0.15, -0.1) is 0 Å². The summed E-state index contributed by atoms with van der Waals surface area (Å²) in [6.07, 6.45) is 0. The van der Waals surface area contributed by atoms with Gasteiger partial charge in [-0.2, -0.15) is 0 Å². The van der Waals surface area contributed by atoms with E-state index in [4.69, 9.17) is 17.0 Å². The van der Waals surface area contributed by atoms with Crippen molar-refractivity contribution in [2.45, 2.75) is 5.72 Å². The Labute approximate surface area is 117 Å². The van der Waals surface area contributed by atoms with E-state index in [1.807, 2.05) is 24.3 Å². The second kappa shape index (κ2) is 3.89. The van der Waals surface area contributed by atoms with Crippen LogP contribution < -0.4 is 0 Å². The molecule has 0 spiro atoms. The smallest absolute Gasteiger partial charge is 0.195 e. The minimum atomic E-state index is -0.505. The predicted molar refractivity (Wildman–Crippen MR) is 78.0 cm³/mol. The first-order chi connectivity index (χ1) is 9.34. The quantitative estimate of drug-likeness (QED) is 0.737. The molecule has 0 aliphatic carbocycles. The Bertz CT molecular complexity index is 655. The monoisotopic (exact) mass is 267 g/mol. The Kier molecular flexibility index (Phi) is 2.28. The van der Waals surface area contributed by atoms with E-state index in [-0.39, 0.29) is 0 Å². The summed E-state index contributed by atoms with van der Waals surface area (Å²) < 4.78 is 6.19. The van der Waals surface area contributed by atoms with E-state index in [1.165, 1.54) is 5.56 Å². The molecule has 0 N–H and O–H groups in total. The molecule has 0 saturated carbocycles. The van der Waals surface area contributed by atoms with E-state index in [1.54, 1.807) is 0 Å². The number of thiocarbonyl (C=S) groups is 1. The van der Waals surface area contributed by atoms with E-state index in [9.17, 15) is 0 Å². The highest BCUT2D eigenvalue weighted by molar-refractivity contribution is 7.80. The third-order valence-corrected chi connectivity index (χ3v) is 4.38. The first-order valence-corrected chi connectivity index (χ1v) is 6.86. The maximum atomic E-state index is 6.19. The Balaban J connectivity index is 2.02. The molecular weight excluding hydrogens is 254 g/mol. The van der Waals surface area contributed by atoms with Gasteiger partial charge in [-0.05, 0) is 0 Å². The van der Waals surface area contributed by atoms with Crippen LogP contribution in [0.15, 0.2) is 54.6 Å². The van der Waals surface area contributed by atoms with Crippen LogP contribution >= 0.6 is 12.2 Å². The summed E-state index contributed by atoms with van der Waals surface area (Å²) in [4.78, 5) is 3.11. The molecule has 2 heterocycles. The highest BCUT2D eigenvalue weighted by Gasteiger charge is 2.53. The first kappa shape index (κ1) is 11.1. The van der Waals surface area contributed by atoms with Crippen molar-refractivity contribution in [1.82, 2.24) is 4.90 Å². The number of benzene rings is 2. The highest BCUT2D eigenvalue weighted by Crippen LogP contribution is 2.47. The van der Waals surface area contributed by atoms with Gasteiger partial charge in [-0.1, -0.05) is 66.8 Å². The lowest BCUT2D eigenvalue weighted by molar-refractivity contribution is -0.0155. The summed E-state index contributed by atoms with van der Waals surface area (Å²) in [5.41, 5.74) is 2.94. The van der Waals surface area contributed by atoms with E-state index in [0.717, 1.165) is 22.7 Å². The molecule has 3 heteroatoms. The fourth-order valence-corrected chi connectivity index (χ4v) is 3.55. The molecule has 2 aromatic rings. The number of nitrogens with zero attached hydrogens (tertiary/aromatic N) is 1. The maximum absolute atomic E-state index is 6.19. The van der Waals surface area contributed by atoms with Gasteiger partial charge in [0.05, 0.1) is 6.61 Å². The van der Waals surface area contributed by atoms with Crippen LogP contribution in [0.5, 0.6) is 0 Å². The zero-order chi connectivity index (χ0) is 12.9. The van der Waals surface area contributed by atoms with E-state index < -0.39 is 5.72 Å². The molecule has 1 saturated heterocycles. The van der Waals surface area contributed by atoms with Crippen molar-refractivity contribution in [3.8, 4) is 0 Å². The van der Waals surface area contributed by atoms with Gasteiger partial charge in [0, 0.05) is 23.2 Å². The Morgan fingerprint density at radius 2 is 1.74 bits per heavy atom. The van der Waals surface area contributed by atoms with E-state index in [0.29, 0.717) is 6.61 Å². The predicted octanol–water partition coefficient (Wildman–Crippen LogP) is 2.91. The van der Waals surface area contributed by atoms with Gasteiger partial charge < -0.3 is 9.64 Å². The van der Waals surface area contributed by atoms with Crippen LogP contribution in [-0.2, 0) is 10.5 Å². The summed E-state index contributed by atoms with van der Waals surface area (Å²) in [5.74, 6) is 0. The third kappa shape index (κ3) is 1.32. The van der Waals surface area contributed by atoms with Crippen molar-refractivity contribution >= 4 is 17.2 Å². The molecule has 0 aromatic heterocycles. The van der Waals surface area contributed by atoms with Crippen LogP contribution in [0, 0.1) is 0 Å². The molecule has 19 heavy (non-hydrogen) atoms. The zero-order valence-corrected chi connectivity index (χ0v) is 11.2. The summed E-state index contributed by atoms with van der Waals surface area (Å²) in [6.45, 7) is 1.56. The average molecular weight is 267 g/mol. The van der Waals surface area contributed by atoms with Crippen LogP contribution in [0.3, 0.4) is 0 Å². The standard InChI is InChI=1S/C16H13NOS/c19-15-13-8-4-5-9-14(13)16(17(15)10-11-18-16)12-6-2-1-3-7-12/h1-9H,10-11H2. The molecular formula is C16H13NOS. The first-order valence-electron chi connectivity index (χ1n) is 6.45. The number of hydrogen-bond donors (Lipinski definition) is 0. The van der Waals surface area contributed by atoms with Gasteiger partial charge in [0.1, 0.15) is 4.99 Å². The fraction of sp³-hybridized carbons (Fsp3) is 0.188. The van der Waals surface area contributed by atoms with Crippen LogP contribution in [0.1, 0.15) is 16.7 Å². The Morgan fingerprint density at radius 3 is 2.58 bits per heavy atom. The zero-order valence-electron chi connectivity index (χ0n) is 10.4. The summed E-state index contributed by atoms with van der Waals surface area (Å²) >= 11 is 5.63. The van der Waals surface area contributed by atoms with Crippen molar-refractivity contribution in [1.29, 1.82) is 0 Å². The van der Waals surface area contributed by atoms with Gasteiger partial charge >= 0.3 is 0 Å². The van der Waals surface area contributed by atoms with Gasteiger partial charge in [-0.25, -0.2) is 0 Å². The SMILES string of the molecule is S=C1c2ccccc2C2(c3ccccc3)OCCN12. The van der Waals surface area contributed by atoms with Gasteiger partial charge in [0.25, 0.3) is 0 Å². The molecule has 2 aliphatic rings. The minimum absolute atomic E-state index is 0.505. The number of fused-ring (bicyclic) bond motifs is 3. The van der Waals surface area contributed by atoms with Gasteiger partial charge in [0.15, 0.2) is 5.72 Å². The Morgan fingerprint density at radius 1 is 1.00 bits per heavy atom. The number of hydrogen-bond acceptors (Lipinski definition) is 2. The largest absolute Gasteiger partial charge is 0.345 e. The molecule has 1 unspecified atom stereocenters. The van der Waals surface area contributed by atoms with Crippen molar-refractivity contribution in [3.63, 3.8) is 0 Å². The molecule has 4 rings (SSSR count). The van der Waals surface area contributed by atoms with Crippen molar-refractivity contribution < 1.29 is 4.74 Å². The van der Waals surface area contributed by atoms with Crippen LogP contribution in [0.25, 0.3) is 0 Å². The third-order valence-electron chi connectivity index (χ3n) is 3.94. The van der Waals surface area contributed by atoms with Crippen molar-refractivity contribution in [3.05, 3.63) is 71.3 Å². The van der Waals surface area contributed by atoms with E-state index >= 15 is 0 Å². The minimum Gasteiger partial charge on any atom is -0.345 e. The molecule has 0 amide bonds. The molecule has 2 aromatic carbocycles. The fourth-order valence-electron chi connectivity index (χ4n) is 3.16. The van der Waals surface area contributed by atoms with E-state index in [2.05, 4.69) is 35.2 Å². The van der Waals surface area contributed by atoms with Crippen molar-refractivity contribution in [2.24, 2.45) is 0 Å². The molecule has 2 aliphatic heterocycles. The van der Waals surface area contributed by atoms with Crippen LogP contribution in [0.4, 0.5) is 0 Å². The normalized spacial score (nSPS) is 24.4. The lowest BCUT2D eigenvalue weighted by Gasteiger charge is -2.32. The van der Waals surface area contributed by atoms with Crippen LogP contribution in [0.2, 0.25) is 0 Å². The summed E-state index contributed by atoms with van der Waals surface area (Å²) in [6, 6.07) is 18.7. The molecule has 1 atom stereocenters. The summed E-state index contributed by atoms with van der Waals surface area (Å²) in [5, 5.41) is 0. The molecule has 1 fully saturated rings. The second-order valence-corrected chi connectivity index (χ2v) is 5.25. The molecule has 0 radical (unpaired) electrons.